The molecule has 0 radical (unpaired) electrons. The zero-order valence-electron chi connectivity index (χ0n) is 13.1. The molecule has 0 amide bonds. The Balaban J connectivity index is 1.28. The summed E-state index contributed by atoms with van der Waals surface area (Å²) in [5.41, 5.74) is 2.43. The highest BCUT2D eigenvalue weighted by Crippen LogP contribution is 2.45. The Labute approximate surface area is 137 Å². The fourth-order valence-electron chi connectivity index (χ4n) is 3.40. The standard InChI is InChI=1S/C20H22O3/c1-3-7-15(8-4-1)12-21-14-17-18(11-19-20(17)23-19)22-13-16-9-5-2-6-10-16/h1-10,17-20H,11-14H2/t17?,18?,19-,20+/m1/s1. The van der Waals surface area contributed by atoms with Crippen LogP contribution in [0.15, 0.2) is 60.7 Å². The van der Waals surface area contributed by atoms with E-state index in [9.17, 15) is 0 Å². The van der Waals surface area contributed by atoms with Crippen LogP contribution in [0, 0.1) is 5.92 Å². The van der Waals surface area contributed by atoms with Crippen molar-refractivity contribution in [1.82, 2.24) is 0 Å². The van der Waals surface area contributed by atoms with Gasteiger partial charge in [-0.25, -0.2) is 0 Å². The third-order valence-corrected chi connectivity index (χ3v) is 4.71. The summed E-state index contributed by atoms with van der Waals surface area (Å²) in [5.74, 6) is 0.354. The quantitative estimate of drug-likeness (QED) is 0.733. The number of ether oxygens (including phenoxy) is 3. The van der Waals surface area contributed by atoms with Crippen LogP contribution < -0.4 is 0 Å². The molecule has 1 heterocycles. The second-order valence-corrected chi connectivity index (χ2v) is 6.37. The SMILES string of the molecule is c1ccc(COCC2C(OCc3ccccc3)C[C@H]3O[C@@H]23)cc1. The van der Waals surface area contributed by atoms with E-state index in [0.29, 0.717) is 37.9 Å². The van der Waals surface area contributed by atoms with Gasteiger partial charge < -0.3 is 14.2 Å². The van der Waals surface area contributed by atoms with Crippen LogP contribution in [0.1, 0.15) is 17.5 Å². The molecular formula is C20H22O3. The molecule has 1 saturated heterocycles. The van der Waals surface area contributed by atoms with E-state index in [2.05, 4.69) is 24.3 Å². The number of epoxide rings is 1. The number of rotatable bonds is 7. The first kappa shape index (κ1) is 14.9. The Morgan fingerprint density at radius 1 is 0.870 bits per heavy atom. The normalized spacial score (nSPS) is 28.5. The molecule has 2 aliphatic rings. The topological polar surface area (TPSA) is 31.0 Å². The van der Waals surface area contributed by atoms with Crippen molar-refractivity contribution in [3.63, 3.8) is 0 Å². The highest BCUT2D eigenvalue weighted by molar-refractivity contribution is 5.14. The predicted molar refractivity (Wildman–Crippen MR) is 87.9 cm³/mol. The van der Waals surface area contributed by atoms with Gasteiger partial charge in [0.25, 0.3) is 0 Å². The van der Waals surface area contributed by atoms with Crippen LogP contribution >= 0.6 is 0 Å². The number of benzene rings is 2. The maximum absolute atomic E-state index is 6.15. The Kier molecular flexibility index (Phi) is 4.42. The Morgan fingerprint density at radius 3 is 2.22 bits per heavy atom. The molecule has 1 saturated carbocycles. The van der Waals surface area contributed by atoms with Crippen LogP contribution in [0.3, 0.4) is 0 Å². The number of fused-ring (bicyclic) bond motifs is 1. The van der Waals surface area contributed by atoms with Gasteiger partial charge >= 0.3 is 0 Å². The zero-order valence-corrected chi connectivity index (χ0v) is 13.1. The van der Waals surface area contributed by atoms with Crippen LogP contribution in [0.4, 0.5) is 0 Å². The van der Waals surface area contributed by atoms with E-state index >= 15 is 0 Å². The fourth-order valence-corrected chi connectivity index (χ4v) is 3.40. The molecule has 0 aromatic heterocycles. The van der Waals surface area contributed by atoms with Crippen LogP contribution in [0.5, 0.6) is 0 Å². The van der Waals surface area contributed by atoms with Crippen molar-refractivity contribution < 1.29 is 14.2 Å². The van der Waals surface area contributed by atoms with Crippen molar-refractivity contribution in [2.24, 2.45) is 5.92 Å². The first-order valence-corrected chi connectivity index (χ1v) is 8.33. The maximum Gasteiger partial charge on any atom is 0.0917 e. The molecule has 1 aliphatic carbocycles. The van der Waals surface area contributed by atoms with Gasteiger partial charge in [0.1, 0.15) is 0 Å². The van der Waals surface area contributed by atoms with E-state index < -0.39 is 0 Å². The molecule has 2 aromatic rings. The summed E-state index contributed by atoms with van der Waals surface area (Å²) in [6.45, 7) is 2.02. The molecule has 3 heteroatoms. The molecule has 4 atom stereocenters. The first-order chi connectivity index (χ1) is 11.4. The molecule has 0 N–H and O–H groups in total. The lowest BCUT2D eigenvalue weighted by Crippen LogP contribution is -2.28. The summed E-state index contributed by atoms with van der Waals surface area (Å²) in [5, 5.41) is 0. The summed E-state index contributed by atoms with van der Waals surface area (Å²) in [6, 6.07) is 20.6. The molecule has 4 rings (SSSR count). The molecular weight excluding hydrogens is 288 g/mol. The predicted octanol–water partition coefficient (Wildman–Crippen LogP) is 3.58. The molecule has 120 valence electrons. The summed E-state index contributed by atoms with van der Waals surface area (Å²) in [4.78, 5) is 0. The number of hydrogen-bond donors (Lipinski definition) is 0. The lowest BCUT2D eigenvalue weighted by atomic mass is 10.1. The summed E-state index contributed by atoms with van der Waals surface area (Å²) >= 11 is 0. The minimum Gasteiger partial charge on any atom is -0.376 e. The van der Waals surface area contributed by atoms with E-state index in [1.807, 2.05) is 36.4 Å². The minimum absolute atomic E-state index is 0.245. The van der Waals surface area contributed by atoms with Crippen molar-refractivity contribution in [3.8, 4) is 0 Å². The second kappa shape index (κ2) is 6.83. The third kappa shape index (κ3) is 3.63. The minimum atomic E-state index is 0.245. The zero-order chi connectivity index (χ0) is 15.5. The molecule has 2 fully saturated rings. The molecule has 1 aliphatic heterocycles. The van der Waals surface area contributed by atoms with Crippen molar-refractivity contribution in [2.75, 3.05) is 6.61 Å². The molecule has 0 spiro atoms. The Hall–Kier alpha value is -1.68. The van der Waals surface area contributed by atoms with E-state index in [0.717, 1.165) is 6.42 Å². The lowest BCUT2D eigenvalue weighted by Gasteiger charge is -2.22. The monoisotopic (exact) mass is 310 g/mol. The van der Waals surface area contributed by atoms with Gasteiger partial charge in [-0.3, -0.25) is 0 Å². The molecule has 0 bridgehead atoms. The Bertz CT molecular complexity index is 613. The van der Waals surface area contributed by atoms with Gasteiger partial charge in [0.05, 0.1) is 38.1 Å². The second-order valence-electron chi connectivity index (χ2n) is 6.37. The van der Waals surface area contributed by atoms with Crippen molar-refractivity contribution in [1.29, 1.82) is 0 Å². The van der Waals surface area contributed by atoms with Crippen LogP contribution in [0.25, 0.3) is 0 Å². The Morgan fingerprint density at radius 2 is 1.52 bits per heavy atom. The van der Waals surface area contributed by atoms with Crippen molar-refractivity contribution >= 4 is 0 Å². The summed E-state index contributed by atoms with van der Waals surface area (Å²) in [7, 11) is 0. The highest BCUT2D eigenvalue weighted by Gasteiger charge is 2.56. The van der Waals surface area contributed by atoms with Crippen molar-refractivity contribution in [3.05, 3.63) is 71.8 Å². The van der Waals surface area contributed by atoms with Gasteiger partial charge in [-0.15, -0.1) is 0 Å². The van der Waals surface area contributed by atoms with Crippen LogP contribution in [-0.2, 0) is 27.4 Å². The maximum atomic E-state index is 6.15. The van der Waals surface area contributed by atoms with Gasteiger partial charge in [-0.2, -0.15) is 0 Å². The summed E-state index contributed by atoms with van der Waals surface area (Å²) in [6.07, 6.45) is 1.97. The van der Waals surface area contributed by atoms with Gasteiger partial charge in [0, 0.05) is 12.3 Å². The van der Waals surface area contributed by atoms with E-state index in [4.69, 9.17) is 14.2 Å². The fraction of sp³-hybridized carbons (Fsp3) is 0.400. The molecule has 2 unspecified atom stereocenters. The number of hydrogen-bond acceptors (Lipinski definition) is 3. The molecule has 23 heavy (non-hydrogen) atoms. The highest BCUT2D eigenvalue weighted by atomic mass is 16.6. The van der Waals surface area contributed by atoms with E-state index in [1.54, 1.807) is 0 Å². The van der Waals surface area contributed by atoms with Crippen LogP contribution in [-0.4, -0.2) is 24.9 Å². The van der Waals surface area contributed by atoms with Crippen LogP contribution in [0.2, 0.25) is 0 Å². The van der Waals surface area contributed by atoms with Gasteiger partial charge in [0.2, 0.25) is 0 Å². The molecule has 3 nitrogen and oxygen atoms in total. The van der Waals surface area contributed by atoms with Gasteiger partial charge in [0.15, 0.2) is 0 Å². The first-order valence-electron chi connectivity index (χ1n) is 8.33. The smallest absolute Gasteiger partial charge is 0.0917 e. The lowest BCUT2D eigenvalue weighted by molar-refractivity contribution is -0.0450. The third-order valence-electron chi connectivity index (χ3n) is 4.71. The van der Waals surface area contributed by atoms with Gasteiger partial charge in [-0.1, -0.05) is 60.7 Å². The summed E-state index contributed by atoms with van der Waals surface area (Å²) < 4.78 is 17.8. The average Bonchev–Trinajstić information content (AvgIpc) is 3.29. The van der Waals surface area contributed by atoms with E-state index in [1.165, 1.54) is 11.1 Å². The van der Waals surface area contributed by atoms with Crippen molar-refractivity contribution in [2.45, 2.75) is 37.9 Å². The molecule has 2 aromatic carbocycles. The van der Waals surface area contributed by atoms with Gasteiger partial charge in [-0.05, 0) is 11.1 Å². The average molecular weight is 310 g/mol. The van der Waals surface area contributed by atoms with E-state index in [-0.39, 0.29) is 6.10 Å². The largest absolute Gasteiger partial charge is 0.376 e.